The Hall–Kier alpha value is -1.31. The molecule has 1 aliphatic rings. The highest BCUT2D eigenvalue weighted by Gasteiger charge is 2.63. The summed E-state index contributed by atoms with van der Waals surface area (Å²) in [5.41, 5.74) is 1.17. The minimum Gasteiger partial charge on any atom is -0.481 e. The zero-order chi connectivity index (χ0) is 11.9. The van der Waals surface area contributed by atoms with Crippen LogP contribution in [0.5, 0.6) is 0 Å². The molecule has 1 aromatic carbocycles. The van der Waals surface area contributed by atoms with Gasteiger partial charge in [0.25, 0.3) is 0 Å². The van der Waals surface area contributed by atoms with Crippen LogP contribution in [0.1, 0.15) is 32.3 Å². The topological polar surface area (TPSA) is 37.3 Å². The summed E-state index contributed by atoms with van der Waals surface area (Å²) in [4.78, 5) is 11.1. The van der Waals surface area contributed by atoms with Crippen molar-refractivity contribution in [3.8, 4) is 0 Å². The maximum atomic E-state index is 11.1. The van der Waals surface area contributed by atoms with Crippen LogP contribution in [-0.2, 0) is 4.79 Å². The highest BCUT2D eigenvalue weighted by atomic mass is 16.4. The molecular formula is C14H18O2. The Bertz CT molecular complexity index is 394. The van der Waals surface area contributed by atoms with Crippen molar-refractivity contribution in [3.63, 3.8) is 0 Å². The van der Waals surface area contributed by atoms with Crippen LogP contribution < -0.4 is 0 Å². The molecule has 86 valence electrons. The Morgan fingerprint density at radius 3 is 2.31 bits per heavy atom. The van der Waals surface area contributed by atoms with Crippen molar-refractivity contribution in [3.05, 3.63) is 35.9 Å². The fourth-order valence-corrected chi connectivity index (χ4v) is 3.05. The molecule has 0 aromatic heterocycles. The van der Waals surface area contributed by atoms with E-state index >= 15 is 0 Å². The Labute approximate surface area is 96.3 Å². The van der Waals surface area contributed by atoms with E-state index in [4.69, 9.17) is 5.11 Å². The van der Waals surface area contributed by atoms with E-state index in [0.717, 1.165) is 0 Å². The number of aliphatic carboxylic acids is 1. The summed E-state index contributed by atoms with van der Waals surface area (Å²) in [6.45, 7) is 6.23. The number of rotatable bonds is 3. The van der Waals surface area contributed by atoms with Crippen molar-refractivity contribution in [2.75, 3.05) is 0 Å². The number of carboxylic acid groups (broad SMARTS) is 1. The van der Waals surface area contributed by atoms with Crippen LogP contribution in [0.15, 0.2) is 30.3 Å². The molecule has 0 saturated heterocycles. The molecule has 1 fully saturated rings. The number of carboxylic acids is 1. The van der Waals surface area contributed by atoms with Gasteiger partial charge in [0.2, 0.25) is 0 Å². The van der Waals surface area contributed by atoms with Gasteiger partial charge in [-0.3, -0.25) is 4.79 Å². The molecule has 1 aliphatic carbocycles. The van der Waals surface area contributed by atoms with Crippen LogP contribution in [0.2, 0.25) is 0 Å². The van der Waals surface area contributed by atoms with E-state index in [2.05, 4.69) is 32.9 Å². The van der Waals surface area contributed by atoms with E-state index in [-0.39, 0.29) is 17.3 Å². The van der Waals surface area contributed by atoms with Gasteiger partial charge in [-0.1, -0.05) is 51.1 Å². The molecule has 1 N–H and O–H groups in total. The van der Waals surface area contributed by atoms with Crippen molar-refractivity contribution in [2.24, 2.45) is 17.3 Å². The summed E-state index contributed by atoms with van der Waals surface area (Å²) in [7, 11) is 0. The van der Waals surface area contributed by atoms with Crippen LogP contribution in [0.4, 0.5) is 0 Å². The van der Waals surface area contributed by atoms with Gasteiger partial charge in [0.15, 0.2) is 0 Å². The fourth-order valence-electron chi connectivity index (χ4n) is 3.05. The van der Waals surface area contributed by atoms with Crippen molar-refractivity contribution < 1.29 is 9.90 Å². The van der Waals surface area contributed by atoms with Gasteiger partial charge in [0.05, 0.1) is 5.92 Å². The maximum absolute atomic E-state index is 11.1. The molecule has 0 radical (unpaired) electrons. The second kappa shape index (κ2) is 3.62. The van der Waals surface area contributed by atoms with Gasteiger partial charge in [-0.2, -0.15) is 0 Å². The molecule has 16 heavy (non-hydrogen) atoms. The summed E-state index contributed by atoms with van der Waals surface area (Å²) in [5, 5.41) is 9.16. The minimum atomic E-state index is -0.655. The molecule has 1 saturated carbocycles. The fraction of sp³-hybridized carbons (Fsp3) is 0.500. The molecule has 2 nitrogen and oxygen atoms in total. The zero-order valence-corrected chi connectivity index (χ0v) is 9.97. The van der Waals surface area contributed by atoms with E-state index in [1.165, 1.54) is 5.56 Å². The Kier molecular flexibility index (Phi) is 2.53. The lowest BCUT2D eigenvalue weighted by molar-refractivity contribution is -0.139. The quantitative estimate of drug-likeness (QED) is 0.846. The number of hydrogen-bond acceptors (Lipinski definition) is 1. The van der Waals surface area contributed by atoms with Gasteiger partial charge in [0, 0.05) is 0 Å². The van der Waals surface area contributed by atoms with Gasteiger partial charge >= 0.3 is 5.97 Å². The average molecular weight is 218 g/mol. The molecular weight excluding hydrogens is 200 g/mol. The molecule has 1 aromatic rings. The summed E-state index contributed by atoms with van der Waals surface area (Å²) in [5.74, 6) is -0.273. The van der Waals surface area contributed by atoms with Crippen LogP contribution in [0.25, 0.3) is 0 Å². The monoisotopic (exact) mass is 218 g/mol. The Morgan fingerprint density at radius 1 is 1.31 bits per heavy atom. The third-order valence-corrected chi connectivity index (χ3v) is 4.04. The van der Waals surface area contributed by atoms with Crippen molar-refractivity contribution in [1.82, 2.24) is 0 Å². The summed E-state index contributed by atoms with van der Waals surface area (Å²) in [6.07, 6.45) is 0. The van der Waals surface area contributed by atoms with Crippen molar-refractivity contribution >= 4 is 5.97 Å². The minimum absolute atomic E-state index is 0.0684. The lowest BCUT2D eigenvalue weighted by Gasteiger charge is -2.12. The first-order chi connectivity index (χ1) is 7.46. The molecule has 0 amide bonds. The van der Waals surface area contributed by atoms with E-state index in [9.17, 15) is 4.79 Å². The van der Waals surface area contributed by atoms with E-state index in [1.54, 1.807) is 0 Å². The Balaban J connectivity index is 2.19. The summed E-state index contributed by atoms with van der Waals surface area (Å²) < 4.78 is 0. The summed E-state index contributed by atoms with van der Waals surface area (Å²) in [6, 6.07) is 10.2. The zero-order valence-electron chi connectivity index (χ0n) is 9.97. The first-order valence-electron chi connectivity index (χ1n) is 5.74. The smallest absolute Gasteiger partial charge is 0.307 e. The number of hydrogen-bond donors (Lipinski definition) is 1. The molecule has 3 unspecified atom stereocenters. The van der Waals surface area contributed by atoms with Crippen LogP contribution >= 0.6 is 0 Å². The van der Waals surface area contributed by atoms with Crippen LogP contribution in [0.3, 0.4) is 0 Å². The molecule has 0 spiro atoms. The molecule has 0 heterocycles. The summed E-state index contributed by atoms with van der Waals surface area (Å²) >= 11 is 0. The Morgan fingerprint density at radius 2 is 1.88 bits per heavy atom. The van der Waals surface area contributed by atoms with Crippen molar-refractivity contribution in [1.29, 1.82) is 0 Å². The second-order valence-electron chi connectivity index (χ2n) is 5.36. The van der Waals surface area contributed by atoms with Crippen molar-refractivity contribution in [2.45, 2.75) is 26.7 Å². The first-order valence-corrected chi connectivity index (χ1v) is 5.74. The molecule has 2 rings (SSSR count). The lowest BCUT2D eigenvalue weighted by Crippen LogP contribution is -2.04. The van der Waals surface area contributed by atoms with E-state index < -0.39 is 5.97 Å². The maximum Gasteiger partial charge on any atom is 0.307 e. The molecule has 3 atom stereocenters. The van der Waals surface area contributed by atoms with Crippen LogP contribution in [0, 0.1) is 17.3 Å². The standard InChI is InChI=1S/C14H18O2/c1-9(10-7-5-4-6-8-10)11-12(13(15)16)14(11,2)3/h4-9,11-12H,1-3H3,(H,15,16). The van der Waals surface area contributed by atoms with Gasteiger partial charge in [0.1, 0.15) is 0 Å². The molecule has 0 bridgehead atoms. The highest BCUT2D eigenvalue weighted by molar-refractivity contribution is 5.75. The number of carbonyl (C=O) groups is 1. The van der Waals surface area contributed by atoms with Gasteiger partial charge < -0.3 is 5.11 Å². The van der Waals surface area contributed by atoms with Gasteiger partial charge in [-0.25, -0.2) is 0 Å². The molecule has 0 aliphatic heterocycles. The first kappa shape index (κ1) is 11.2. The predicted octanol–water partition coefficient (Wildman–Crippen LogP) is 3.15. The SMILES string of the molecule is CC(c1ccccc1)C1C(C(=O)O)C1(C)C. The normalized spacial score (nSPS) is 28.4. The van der Waals surface area contributed by atoms with E-state index in [0.29, 0.717) is 5.92 Å². The van der Waals surface area contributed by atoms with Gasteiger partial charge in [-0.15, -0.1) is 0 Å². The average Bonchev–Trinajstić information content (AvgIpc) is 2.82. The molecule has 2 heteroatoms. The predicted molar refractivity (Wildman–Crippen MR) is 63.3 cm³/mol. The third kappa shape index (κ3) is 1.62. The largest absolute Gasteiger partial charge is 0.481 e. The van der Waals surface area contributed by atoms with Gasteiger partial charge in [-0.05, 0) is 22.8 Å². The number of benzene rings is 1. The highest BCUT2D eigenvalue weighted by Crippen LogP contribution is 2.63. The van der Waals surface area contributed by atoms with E-state index in [1.807, 2.05) is 18.2 Å². The lowest BCUT2D eigenvalue weighted by atomic mass is 9.92. The second-order valence-corrected chi connectivity index (χ2v) is 5.36. The van der Waals surface area contributed by atoms with Crippen LogP contribution in [-0.4, -0.2) is 11.1 Å². The third-order valence-electron chi connectivity index (χ3n) is 4.04.